The van der Waals surface area contributed by atoms with E-state index in [4.69, 9.17) is 0 Å². The maximum atomic E-state index is 10.2. The van der Waals surface area contributed by atoms with Gasteiger partial charge in [-0.25, -0.2) is 0 Å². The van der Waals surface area contributed by atoms with Crippen LogP contribution in [0.5, 0.6) is 5.75 Å². The van der Waals surface area contributed by atoms with Crippen molar-refractivity contribution < 1.29 is 5.11 Å². The fourth-order valence-electron chi connectivity index (χ4n) is 2.28. The number of phenols is 1. The molecule has 0 aliphatic rings. The maximum absolute atomic E-state index is 10.2. The van der Waals surface area contributed by atoms with Gasteiger partial charge in [0.1, 0.15) is 5.75 Å². The van der Waals surface area contributed by atoms with E-state index in [2.05, 4.69) is 40.7 Å². The molecule has 0 fully saturated rings. The minimum atomic E-state index is 0.428. The van der Waals surface area contributed by atoms with Gasteiger partial charge in [0.2, 0.25) is 0 Å². The topological polar surface area (TPSA) is 26.7 Å². The Morgan fingerprint density at radius 2 is 1.90 bits per heavy atom. The van der Waals surface area contributed by atoms with Crippen molar-refractivity contribution in [1.82, 2.24) is 9.80 Å². The first kappa shape index (κ1) is 16.0. The van der Waals surface area contributed by atoms with Crippen molar-refractivity contribution in [2.24, 2.45) is 0 Å². The predicted octanol–water partition coefficient (Wildman–Crippen LogP) is 3.33. The Hall–Kier alpha value is -1.36. The molecular formula is C17H24N2OS. The molecule has 0 saturated carbocycles. The standard InChI is InChI=1S/C17H24N2OS/c1-14-5-4-6-16(17(14)20)12-19(9-8-18(2)3)11-15-7-10-21-13-15/h4-7,10,13,20H,8-9,11-12H2,1-3H3. The van der Waals surface area contributed by atoms with Gasteiger partial charge in [-0.05, 0) is 49.0 Å². The summed E-state index contributed by atoms with van der Waals surface area (Å²) in [6.07, 6.45) is 0. The molecule has 1 heterocycles. The quantitative estimate of drug-likeness (QED) is 0.850. The lowest BCUT2D eigenvalue weighted by Gasteiger charge is -2.24. The van der Waals surface area contributed by atoms with Gasteiger partial charge in [-0.2, -0.15) is 11.3 Å². The first-order valence-electron chi connectivity index (χ1n) is 7.22. The highest BCUT2D eigenvalue weighted by Crippen LogP contribution is 2.23. The van der Waals surface area contributed by atoms with E-state index in [-0.39, 0.29) is 0 Å². The van der Waals surface area contributed by atoms with E-state index in [1.54, 1.807) is 11.3 Å². The molecule has 3 nitrogen and oxygen atoms in total. The van der Waals surface area contributed by atoms with Gasteiger partial charge in [-0.3, -0.25) is 4.90 Å². The fraction of sp³-hybridized carbons (Fsp3) is 0.412. The van der Waals surface area contributed by atoms with Gasteiger partial charge < -0.3 is 10.0 Å². The number of aryl methyl sites for hydroxylation is 1. The summed E-state index contributed by atoms with van der Waals surface area (Å²) in [5.74, 6) is 0.428. The van der Waals surface area contributed by atoms with Gasteiger partial charge in [0.05, 0.1) is 0 Å². The molecule has 114 valence electrons. The van der Waals surface area contributed by atoms with E-state index >= 15 is 0 Å². The van der Waals surface area contributed by atoms with Crippen LogP contribution >= 0.6 is 11.3 Å². The van der Waals surface area contributed by atoms with Crippen molar-refractivity contribution in [2.75, 3.05) is 27.2 Å². The van der Waals surface area contributed by atoms with E-state index in [9.17, 15) is 5.11 Å². The minimum Gasteiger partial charge on any atom is -0.507 e. The average Bonchev–Trinajstić information content (AvgIpc) is 2.94. The largest absolute Gasteiger partial charge is 0.507 e. The fourth-order valence-corrected chi connectivity index (χ4v) is 2.94. The third-order valence-electron chi connectivity index (χ3n) is 3.56. The summed E-state index contributed by atoms with van der Waals surface area (Å²) in [5.41, 5.74) is 3.28. The van der Waals surface area contributed by atoms with Crippen molar-refractivity contribution in [3.8, 4) is 5.75 Å². The summed E-state index contributed by atoms with van der Waals surface area (Å²) >= 11 is 1.73. The molecular weight excluding hydrogens is 280 g/mol. The molecule has 1 aromatic heterocycles. The molecule has 0 aliphatic carbocycles. The number of thiophene rings is 1. The minimum absolute atomic E-state index is 0.428. The van der Waals surface area contributed by atoms with Gasteiger partial charge in [0.25, 0.3) is 0 Å². The second kappa shape index (κ2) is 7.59. The Balaban J connectivity index is 2.08. The number of nitrogens with zero attached hydrogens (tertiary/aromatic N) is 2. The Morgan fingerprint density at radius 3 is 2.57 bits per heavy atom. The Kier molecular flexibility index (Phi) is 5.79. The summed E-state index contributed by atoms with van der Waals surface area (Å²) in [5, 5.41) is 14.5. The zero-order valence-corrected chi connectivity index (χ0v) is 13.9. The Bertz CT molecular complexity index is 552. The molecule has 0 saturated heterocycles. The highest BCUT2D eigenvalue weighted by atomic mass is 32.1. The maximum Gasteiger partial charge on any atom is 0.122 e. The van der Waals surface area contributed by atoms with Gasteiger partial charge >= 0.3 is 0 Å². The van der Waals surface area contributed by atoms with Gasteiger partial charge in [0, 0.05) is 31.7 Å². The molecule has 0 atom stereocenters. The van der Waals surface area contributed by atoms with Crippen LogP contribution < -0.4 is 0 Å². The molecule has 2 rings (SSSR count). The smallest absolute Gasteiger partial charge is 0.122 e. The molecule has 0 amide bonds. The van der Waals surface area contributed by atoms with E-state index in [1.165, 1.54) is 5.56 Å². The molecule has 0 spiro atoms. The summed E-state index contributed by atoms with van der Waals surface area (Å²) in [7, 11) is 4.18. The van der Waals surface area contributed by atoms with E-state index in [0.29, 0.717) is 5.75 Å². The molecule has 0 radical (unpaired) electrons. The third kappa shape index (κ3) is 4.84. The van der Waals surface area contributed by atoms with Crippen LogP contribution in [0.1, 0.15) is 16.7 Å². The van der Waals surface area contributed by atoms with Crippen LogP contribution in [0.4, 0.5) is 0 Å². The highest BCUT2D eigenvalue weighted by molar-refractivity contribution is 7.07. The van der Waals surface area contributed by atoms with E-state index in [0.717, 1.165) is 37.3 Å². The van der Waals surface area contributed by atoms with Crippen LogP contribution in [0.3, 0.4) is 0 Å². The lowest BCUT2D eigenvalue weighted by molar-refractivity contribution is 0.224. The van der Waals surface area contributed by atoms with Gasteiger partial charge in [-0.1, -0.05) is 18.2 Å². The normalized spacial score (nSPS) is 11.5. The molecule has 1 aromatic carbocycles. The lowest BCUT2D eigenvalue weighted by Crippen LogP contribution is -2.31. The average molecular weight is 304 g/mol. The van der Waals surface area contributed by atoms with E-state index < -0.39 is 0 Å². The van der Waals surface area contributed by atoms with Crippen molar-refractivity contribution in [2.45, 2.75) is 20.0 Å². The number of aromatic hydroxyl groups is 1. The third-order valence-corrected chi connectivity index (χ3v) is 4.30. The second-order valence-electron chi connectivity index (χ2n) is 5.73. The number of phenolic OH excluding ortho intramolecular Hbond substituents is 1. The molecule has 0 unspecified atom stereocenters. The summed E-state index contributed by atoms with van der Waals surface area (Å²) in [4.78, 5) is 4.58. The summed E-state index contributed by atoms with van der Waals surface area (Å²) in [6, 6.07) is 8.14. The molecule has 1 N–H and O–H groups in total. The predicted molar refractivity (Wildman–Crippen MR) is 89.8 cm³/mol. The van der Waals surface area contributed by atoms with Crippen LogP contribution in [-0.2, 0) is 13.1 Å². The summed E-state index contributed by atoms with van der Waals surface area (Å²) < 4.78 is 0. The second-order valence-corrected chi connectivity index (χ2v) is 6.51. The van der Waals surface area contributed by atoms with Gasteiger partial charge in [-0.15, -0.1) is 0 Å². The molecule has 0 aliphatic heterocycles. The van der Waals surface area contributed by atoms with Crippen molar-refractivity contribution in [1.29, 1.82) is 0 Å². The molecule has 21 heavy (non-hydrogen) atoms. The zero-order chi connectivity index (χ0) is 15.2. The number of rotatable bonds is 7. The number of hydrogen-bond acceptors (Lipinski definition) is 4. The first-order chi connectivity index (χ1) is 10.1. The van der Waals surface area contributed by atoms with Crippen LogP contribution in [0.25, 0.3) is 0 Å². The van der Waals surface area contributed by atoms with Crippen LogP contribution in [-0.4, -0.2) is 42.1 Å². The Labute approximate surface area is 131 Å². The van der Waals surface area contributed by atoms with Crippen molar-refractivity contribution in [3.05, 3.63) is 51.7 Å². The van der Waals surface area contributed by atoms with Crippen molar-refractivity contribution in [3.63, 3.8) is 0 Å². The summed E-state index contributed by atoms with van der Waals surface area (Å²) in [6.45, 7) is 5.64. The van der Waals surface area contributed by atoms with Crippen LogP contribution in [0, 0.1) is 6.92 Å². The van der Waals surface area contributed by atoms with Crippen molar-refractivity contribution >= 4 is 11.3 Å². The SMILES string of the molecule is Cc1cccc(CN(CCN(C)C)Cc2ccsc2)c1O. The van der Waals surface area contributed by atoms with Gasteiger partial charge in [0.15, 0.2) is 0 Å². The van der Waals surface area contributed by atoms with Crippen LogP contribution in [0.15, 0.2) is 35.0 Å². The Morgan fingerprint density at radius 1 is 1.10 bits per heavy atom. The number of benzene rings is 1. The highest BCUT2D eigenvalue weighted by Gasteiger charge is 2.11. The van der Waals surface area contributed by atoms with E-state index in [1.807, 2.05) is 25.1 Å². The first-order valence-corrected chi connectivity index (χ1v) is 8.16. The monoisotopic (exact) mass is 304 g/mol. The number of likely N-dealkylation sites (N-methyl/N-ethyl adjacent to an activating group) is 1. The molecule has 2 aromatic rings. The number of para-hydroxylation sites is 1. The lowest BCUT2D eigenvalue weighted by atomic mass is 10.1. The van der Waals surface area contributed by atoms with Crippen LogP contribution in [0.2, 0.25) is 0 Å². The zero-order valence-electron chi connectivity index (χ0n) is 13.0. The molecule has 0 bridgehead atoms. The number of hydrogen-bond donors (Lipinski definition) is 1. The molecule has 4 heteroatoms.